The zero-order chi connectivity index (χ0) is 16.2. The van der Waals surface area contributed by atoms with Gasteiger partial charge in [0.2, 0.25) is 3.79 Å². The number of rotatable bonds is 4. The molecule has 0 saturated carbocycles. The summed E-state index contributed by atoms with van der Waals surface area (Å²) in [5, 5.41) is 5.71. The van der Waals surface area contributed by atoms with Crippen molar-refractivity contribution in [3.8, 4) is 0 Å². The molecule has 6 heteroatoms. The van der Waals surface area contributed by atoms with E-state index in [1.807, 2.05) is 37.3 Å². The molecule has 0 unspecified atom stereocenters. The van der Waals surface area contributed by atoms with Gasteiger partial charge in [0.1, 0.15) is 6.17 Å². The molecule has 0 bridgehead atoms. The minimum Gasteiger partial charge on any atom is -0.362 e. The number of halogens is 3. The molecule has 0 heterocycles. The molecule has 2 aromatic carbocycles. The fraction of sp³-hybridized carbons (Fsp3) is 0.188. The molecule has 116 valence electrons. The first-order chi connectivity index (χ1) is 10.4. The first kappa shape index (κ1) is 16.9. The summed E-state index contributed by atoms with van der Waals surface area (Å²) in [6.07, 6.45) is -0.868. The molecule has 2 rings (SSSR count). The van der Waals surface area contributed by atoms with E-state index in [9.17, 15) is 4.79 Å². The van der Waals surface area contributed by atoms with Crippen LogP contribution < -0.4 is 10.6 Å². The molecule has 22 heavy (non-hydrogen) atoms. The van der Waals surface area contributed by atoms with Crippen LogP contribution in [0, 0.1) is 6.92 Å². The lowest BCUT2D eigenvalue weighted by atomic mass is 10.2. The summed E-state index contributed by atoms with van der Waals surface area (Å²) >= 11 is 17.9. The van der Waals surface area contributed by atoms with E-state index < -0.39 is 9.96 Å². The van der Waals surface area contributed by atoms with Gasteiger partial charge in [-0.1, -0.05) is 70.7 Å². The van der Waals surface area contributed by atoms with Crippen molar-refractivity contribution in [3.05, 3.63) is 65.7 Å². The highest BCUT2D eigenvalue weighted by Crippen LogP contribution is 2.31. The molecule has 1 amide bonds. The average molecular weight is 358 g/mol. The standard InChI is InChI=1S/C16H15Cl3N2O/c1-11-7-9-13(10-8-11)20-15(16(17,18)19)21-14(22)12-5-3-2-4-6-12/h2-10,15,20H,1H3,(H,21,22)/t15-/m0/s1. The number of hydrogen-bond acceptors (Lipinski definition) is 2. The summed E-state index contributed by atoms with van der Waals surface area (Å²) < 4.78 is -1.70. The summed E-state index contributed by atoms with van der Waals surface area (Å²) in [6, 6.07) is 16.3. The van der Waals surface area contributed by atoms with Crippen molar-refractivity contribution in [1.29, 1.82) is 0 Å². The number of carbonyl (C=O) groups excluding carboxylic acids is 1. The van der Waals surface area contributed by atoms with E-state index in [0.29, 0.717) is 5.56 Å². The van der Waals surface area contributed by atoms with Gasteiger partial charge in [-0.2, -0.15) is 0 Å². The number of alkyl halides is 3. The fourth-order valence-electron chi connectivity index (χ4n) is 1.82. The molecular weight excluding hydrogens is 343 g/mol. The number of benzene rings is 2. The van der Waals surface area contributed by atoms with E-state index in [1.54, 1.807) is 24.3 Å². The monoisotopic (exact) mass is 356 g/mol. The first-order valence-electron chi connectivity index (χ1n) is 6.62. The normalized spacial score (nSPS) is 12.5. The smallest absolute Gasteiger partial charge is 0.252 e. The molecule has 0 aliphatic heterocycles. The second kappa shape index (κ2) is 7.23. The Kier molecular flexibility index (Phi) is 5.57. The van der Waals surface area contributed by atoms with Gasteiger partial charge in [-0.25, -0.2) is 0 Å². The van der Waals surface area contributed by atoms with Crippen LogP contribution >= 0.6 is 34.8 Å². The number of carbonyl (C=O) groups is 1. The summed E-state index contributed by atoms with van der Waals surface area (Å²) in [5.41, 5.74) is 2.35. The SMILES string of the molecule is Cc1ccc(N[C@@H](NC(=O)c2ccccc2)C(Cl)(Cl)Cl)cc1. The Bertz CT molecular complexity index is 624. The van der Waals surface area contributed by atoms with Crippen LogP contribution in [-0.4, -0.2) is 15.9 Å². The molecule has 2 N–H and O–H groups in total. The van der Waals surface area contributed by atoms with Crippen molar-refractivity contribution < 1.29 is 4.79 Å². The zero-order valence-electron chi connectivity index (χ0n) is 11.8. The average Bonchev–Trinajstić information content (AvgIpc) is 2.48. The van der Waals surface area contributed by atoms with Crippen LogP contribution in [0.2, 0.25) is 0 Å². The number of amides is 1. The third-order valence-electron chi connectivity index (χ3n) is 3.00. The molecule has 0 saturated heterocycles. The minimum atomic E-state index is -1.70. The molecule has 3 nitrogen and oxygen atoms in total. The predicted molar refractivity (Wildman–Crippen MR) is 92.8 cm³/mol. The maximum Gasteiger partial charge on any atom is 0.252 e. The molecule has 0 aromatic heterocycles. The van der Waals surface area contributed by atoms with Crippen LogP contribution in [0.5, 0.6) is 0 Å². The first-order valence-corrected chi connectivity index (χ1v) is 7.75. The molecule has 1 atom stereocenters. The predicted octanol–water partition coefficient (Wildman–Crippen LogP) is 4.53. The lowest BCUT2D eigenvalue weighted by molar-refractivity contribution is 0.0942. The summed E-state index contributed by atoms with van der Waals surface area (Å²) in [4.78, 5) is 12.2. The largest absolute Gasteiger partial charge is 0.362 e. The van der Waals surface area contributed by atoms with Crippen LogP contribution in [0.1, 0.15) is 15.9 Å². The summed E-state index contributed by atoms with van der Waals surface area (Å²) in [5.74, 6) is -0.323. The van der Waals surface area contributed by atoms with E-state index in [-0.39, 0.29) is 5.91 Å². The number of aryl methyl sites for hydroxylation is 1. The van der Waals surface area contributed by atoms with Crippen molar-refractivity contribution >= 4 is 46.4 Å². The molecule has 0 radical (unpaired) electrons. The number of nitrogens with one attached hydrogen (secondary N) is 2. The lowest BCUT2D eigenvalue weighted by Gasteiger charge is -2.27. The van der Waals surface area contributed by atoms with Crippen LogP contribution in [0.25, 0.3) is 0 Å². The molecule has 0 spiro atoms. The Labute approximate surface area is 144 Å². The summed E-state index contributed by atoms with van der Waals surface area (Å²) in [6.45, 7) is 1.98. The minimum absolute atomic E-state index is 0.323. The Morgan fingerprint density at radius 1 is 1.00 bits per heavy atom. The third kappa shape index (κ3) is 4.80. The van der Waals surface area contributed by atoms with Gasteiger partial charge >= 0.3 is 0 Å². The zero-order valence-corrected chi connectivity index (χ0v) is 14.1. The quantitative estimate of drug-likeness (QED) is 0.623. The van der Waals surface area contributed by atoms with Gasteiger partial charge in [-0.15, -0.1) is 0 Å². The molecule has 0 fully saturated rings. The maximum atomic E-state index is 12.2. The van der Waals surface area contributed by atoms with Gasteiger partial charge in [0.05, 0.1) is 0 Å². The van der Waals surface area contributed by atoms with E-state index >= 15 is 0 Å². The molecule has 2 aromatic rings. The van der Waals surface area contributed by atoms with Gasteiger partial charge in [0.15, 0.2) is 0 Å². The van der Waals surface area contributed by atoms with Gasteiger partial charge in [0, 0.05) is 11.3 Å². The van der Waals surface area contributed by atoms with E-state index in [4.69, 9.17) is 34.8 Å². The third-order valence-corrected chi connectivity index (χ3v) is 3.66. The van der Waals surface area contributed by atoms with E-state index in [0.717, 1.165) is 11.3 Å². The molecule has 0 aliphatic rings. The van der Waals surface area contributed by atoms with Crippen LogP contribution in [0.3, 0.4) is 0 Å². The fourth-order valence-corrected chi connectivity index (χ4v) is 2.15. The second-order valence-corrected chi connectivity index (χ2v) is 7.19. The van der Waals surface area contributed by atoms with Crippen molar-refractivity contribution in [2.24, 2.45) is 0 Å². The van der Waals surface area contributed by atoms with Crippen LogP contribution in [0.15, 0.2) is 54.6 Å². The van der Waals surface area contributed by atoms with Crippen molar-refractivity contribution in [3.63, 3.8) is 0 Å². The van der Waals surface area contributed by atoms with Crippen LogP contribution in [0.4, 0.5) is 5.69 Å². The van der Waals surface area contributed by atoms with Gasteiger partial charge in [-0.05, 0) is 31.2 Å². The lowest BCUT2D eigenvalue weighted by Crippen LogP contribution is -2.49. The van der Waals surface area contributed by atoms with Crippen LogP contribution in [-0.2, 0) is 0 Å². The highest BCUT2D eigenvalue weighted by Gasteiger charge is 2.34. The Balaban J connectivity index is 2.13. The number of anilines is 1. The number of hydrogen-bond donors (Lipinski definition) is 2. The Hall–Kier alpha value is -1.42. The maximum absolute atomic E-state index is 12.2. The molecular formula is C16H15Cl3N2O. The highest BCUT2D eigenvalue weighted by atomic mass is 35.6. The van der Waals surface area contributed by atoms with Gasteiger partial charge in [0.25, 0.3) is 5.91 Å². The highest BCUT2D eigenvalue weighted by molar-refractivity contribution is 6.68. The van der Waals surface area contributed by atoms with Crippen molar-refractivity contribution in [2.75, 3.05) is 5.32 Å². The van der Waals surface area contributed by atoms with Gasteiger partial charge < -0.3 is 10.6 Å². The molecule has 0 aliphatic carbocycles. The summed E-state index contributed by atoms with van der Waals surface area (Å²) in [7, 11) is 0. The van der Waals surface area contributed by atoms with Crippen molar-refractivity contribution in [2.45, 2.75) is 16.9 Å². The van der Waals surface area contributed by atoms with E-state index in [1.165, 1.54) is 0 Å². The second-order valence-electron chi connectivity index (χ2n) is 4.82. The topological polar surface area (TPSA) is 41.1 Å². The Morgan fingerprint density at radius 3 is 2.14 bits per heavy atom. The van der Waals surface area contributed by atoms with Crippen molar-refractivity contribution in [1.82, 2.24) is 5.32 Å². The Morgan fingerprint density at radius 2 is 1.59 bits per heavy atom. The van der Waals surface area contributed by atoms with E-state index in [2.05, 4.69) is 10.6 Å². The van der Waals surface area contributed by atoms with Gasteiger partial charge in [-0.3, -0.25) is 4.79 Å².